The zero-order chi connectivity index (χ0) is 22.6. The van der Waals surface area contributed by atoms with E-state index in [1.165, 1.54) is 10.4 Å². The monoisotopic (exact) mass is 477 g/mol. The first kappa shape index (κ1) is 22.6. The molecule has 0 N–H and O–H groups in total. The third-order valence-corrected chi connectivity index (χ3v) is 7.72. The predicted octanol–water partition coefficient (Wildman–Crippen LogP) is 3.06. The fraction of sp³-hybridized carbons (Fsp3) is 0.318. The van der Waals surface area contributed by atoms with Crippen LogP contribution < -0.4 is 0 Å². The Morgan fingerprint density at radius 1 is 0.906 bits per heavy atom. The van der Waals surface area contributed by atoms with E-state index in [1.54, 1.807) is 47.8 Å². The highest BCUT2D eigenvalue weighted by Crippen LogP contribution is 2.25. The molecule has 0 saturated carbocycles. The number of furan rings is 2. The molecule has 8 nitrogen and oxygen atoms in total. The molecule has 10 heteroatoms. The summed E-state index contributed by atoms with van der Waals surface area (Å²) in [6, 6.07) is 13.7. The van der Waals surface area contributed by atoms with Crippen LogP contribution in [-0.4, -0.2) is 61.2 Å². The van der Waals surface area contributed by atoms with Crippen molar-refractivity contribution in [3.05, 3.63) is 77.6 Å². The lowest BCUT2D eigenvalue weighted by Gasteiger charge is -2.35. The first-order valence-corrected chi connectivity index (χ1v) is 12.0. The largest absolute Gasteiger partial charge is 0.468 e. The Bertz CT molecular complexity index is 1090. The molecule has 1 aliphatic heterocycles. The first-order chi connectivity index (χ1) is 15.4. The fourth-order valence-electron chi connectivity index (χ4n) is 3.68. The molecule has 1 fully saturated rings. The van der Waals surface area contributed by atoms with E-state index in [2.05, 4.69) is 0 Å². The van der Waals surface area contributed by atoms with Crippen molar-refractivity contribution >= 4 is 27.5 Å². The first-order valence-electron chi connectivity index (χ1n) is 10.2. The van der Waals surface area contributed by atoms with Crippen LogP contribution >= 0.6 is 11.6 Å². The maximum atomic E-state index is 13.0. The molecule has 3 heterocycles. The SMILES string of the molecule is O=C(CN(Cc1ccco1)Cc1ccco1)N1CCN(S(=O)(=O)c2ccccc2Cl)CC1. The normalized spacial score (nSPS) is 15.4. The van der Waals surface area contributed by atoms with E-state index in [4.69, 9.17) is 20.4 Å². The van der Waals surface area contributed by atoms with Gasteiger partial charge in [0.05, 0.1) is 37.2 Å². The van der Waals surface area contributed by atoms with Crippen LogP contribution in [0.3, 0.4) is 0 Å². The average Bonchev–Trinajstić information content (AvgIpc) is 3.48. The van der Waals surface area contributed by atoms with Crippen LogP contribution in [0, 0.1) is 0 Å². The second-order valence-corrected chi connectivity index (χ2v) is 9.83. The number of halogens is 1. The molecule has 170 valence electrons. The van der Waals surface area contributed by atoms with Gasteiger partial charge in [-0.25, -0.2) is 8.42 Å². The van der Waals surface area contributed by atoms with Gasteiger partial charge in [0.15, 0.2) is 0 Å². The predicted molar refractivity (Wildman–Crippen MR) is 118 cm³/mol. The highest BCUT2D eigenvalue weighted by Gasteiger charge is 2.31. The topological polar surface area (TPSA) is 87.2 Å². The molecule has 0 atom stereocenters. The summed E-state index contributed by atoms with van der Waals surface area (Å²) < 4.78 is 38.1. The van der Waals surface area contributed by atoms with Crippen molar-refractivity contribution in [2.24, 2.45) is 0 Å². The second-order valence-electron chi connectivity index (χ2n) is 7.52. The number of carbonyl (C=O) groups is 1. The number of benzene rings is 1. The molecule has 1 aromatic carbocycles. The lowest BCUT2D eigenvalue weighted by molar-refractivity contribution is -0.134. The van der Waals surface area contributed by atoms with Crippen LogP contribution in [0.5, 0.6) is 0 Å². The molecule has 1 aliphatic rings. The zero-order valence-corrected chi connectivity index (χ0v) is 19.0. The Balaban J connectivity index is 1.38. The highest BCUT2D eigenvalue weighted by atomic mass is 35.5. The molecule has 3 aromatic rings. The van der Waals surface area contributed by atoms with Crippen LogP contribution in [0.1, 0.15) is 11.5 Å². The van der Waals surface area contributed by atoms with Crippen LogP contribution in [-0.2, 0) is 27.9 Å². The average molecular weight is 478 g/mol. The summed E-state index contributed by atoms with van der Waals surface area (Å²) in [5.41, 5.74) is 0. The molecular weight excluding hydrogens is 454 g/mol. The third-order valence-electron chi connectivity index (χ3n) is 5.32. The van der Waals surface area contributed by atoms with E-state index in [1.807, 2.05) is 17.0 Å². The van der Waals surface area contributed by atoms with Crippen molar-refractivity contribution < 1.29 is 22.0 Å². The molecule has 4 rings (SSSR count). The van der Waals surface area contributed by atoms with E-state index in [-0.39, 0.29) is 35.5 Å². The Labute approximate surface area is 192 Å². The van der Waals surface area contributed by atoms with Gasteiger partial charge < -0.3 is 13.7 Å². The van der Waals surface area contributed by atoms with E-state index in [9.17, 15) is 13.2 Å². The summed E-state index contributed by atoms with van der Waals surface area (Å²) in [7, 11) is -3.71. The highest BCUT2D eigenvalue weighted by molar-refractivity contribution is 7.89. The second kappa shape index (κ2) is 9.91. The van der Waals surface area contributed by atoms with E-state index in [0.29, 0.717) is 26.2 Å². The number of hydrogen-bond donors (Lipinski definition) is 0. The van der Waals surface area contributed by atoms with Crippen molar-refractivity contribution in [2.75, 3.05) is 32.7 Å². The number of hydrogen-bond acceptors (Lipinski definition) is 6. The summed E-state index contributed by atoms with van der Waals surface area (Å²) in [5.74, 6) is 1.43. The summed E-state index contributed by atoms with van der Waals surface area (Å²) in [5, 5.41) is 0.192. The summed E-state index contributed by atoms with van der Waals surface area (Å²) in [6.07, 6.45) is 3.20. The van der Waals surface area contributed by atoms with Crippen molar-refractivity contribution in [1.29, 1.82) is 0 Å². The molecular formula is C22H24ClN3O5S. The lowest BCUT2D eigenvalue weighted by Crippen LogP contribution is -2.52. The molecule has 0 radical (unpaired) electrons. The Hall–Kier alpha value is -2.59. The lowest BCUT2D eigenvalue weighted by atomic mass is 10.3. The minimum Gasteiger partial charge on any atom is -0.468 e. The van der Waals surface area contributed by atoms with Crippen LogP contribution in [0.2, 0.25) is 5.02 Å². The van der Waals surface area contributed by atoms with Crippen molar-refractivity contribution in [2.45, 2.75) is 18.0 Å². The number of nitrogens with zero attached hydrogens (tertiary/aromatic N) is 3. The van der Waals surface area contributed by atoms with Gasteiger partial charge in [-0.15, -0.1) is 0 Å². The van der Waals surface area contributed by atoms with Gasteiger partial charge in [0.2, 0.25) is 15.9 Å². The molecule has 0 aliphatic carbocycles. The van der Waals surface area contributed by atoms with Gasteiger partial charge in [-0.05, 0) is 36.4 Å². The maximum absolute atomic E-state index is 13.0. The van der Waals surface area contributed by atoms with Crippen molar-refractivity contribution in [3.63, 3.8) is 0 Å². The van der Waals surface area contributed by atoms with Crippen LogP contribution in [0.15, 0.2) is 74.8 Å². The Morgan fingerprint density at radius 3 is 2.03 bits per heavy atom. The van der Waals surface area contributed by atoms with E-state index in [0.717, 1.165) is 11.5 Å². The molecule has 2 aromatic heterocycles. The number of carbonyl (C=O) groups excluding carboxylic acids is 1. The fourth-order valence-corrected chi connectivity index (χ4v) is 5.59. The number of sulfonamides is 1. The maximum Gasteiger partial charge on any atom is 0.244 e. The van der Waals surface area contributed by atoms with Gasteiger partial charge in [-0.2, -0.15) is 4.31 Å². The number of amides is 1. The van der Waals surface area contributed by atoms with E-state index >= 15 is 0 Å². The Kier molecular flexibility index (Phi) is 7.00. The minimum atomic E-state index is -3.71. The van der Waals surface area contributed by atoms with E-state index < -0.39 is 10.0 Å². The molecule has 0 unspecified atom stereocenters. The molecule has 0 spiro atoms. The van der Waals surface area contributed by atoms with Gasteiger partial charge >= 0.3 is 0 Å². The van der Waals surface area contributed by atoms with Gasteiger partial charge in [0.1, 0.15) is 16.4 Å². The number of rotatable bonds is 8. The van der Waals surface area contributed by atoms with Gasteiger partial charge in [0.25, 0.3) is 0 Å². The van der Waals surface area contributed by atoms with Gasteiger partial charge in [-0.1, -0.05) is 23.7 Å². The standard InChI is InChI=1S/C22H24ClN3O5S/c23-20-7-1-2-8-21(20)32(28,29)26-11-9-25(10-12-26)22(27)17-24(15-18-5-3-13-30-18)16-19-6-4-14-31-19/h1-8,13-14H,9-12,15-17H2. The van der Waals surface area contributed by atoms with Crippen LogP contribution in [0.4, 0.5) is 0 Å². The molecule has 0 bridgehead atoms. The van der Waals surface area contributed by atoms with Gasteiger partial charge in [0, 0.05) is 26.2 Å². The molecule has 1 saturated heterocycles. The molecule has 32 heavy (non-hydrogen) atoms. The van der Waals surface area contributed by atoms with Crippen LogP contribution in [0.25, 0.3) is 0 Å². The number of piperazine rings is 1. The summed E-state index contributed by atoms with van der Waals surface area (Å²) in [4.78, 5) is 16.7. The quantitative estimate of drug-likeness (QED) is 0.495. The summed E-state index contributed by atoms with van der Waals surface area (Å²) in [6.45, 7) is 2.15. The summed E-state index contributed by atoms with van der Waals surface area (Å²) >= 11 is 6.09. The Morgan fingerprint density at radius 2 is 1.50 bits per heavy atom. The van der Waals surface area contributed by atoms with Gasteiger partial charge in [-0.3, -0.25) is 9.69 Å². The van der Waals surface area contributed by atoms with Crippen molar-refractivity contribution in [3.8, 4) is 0 Å². The smallest absolute Gasteiger partial charge is 0.244 e. The van der Waals surface area contributed by atoms with Crippen molar-refractivity contribution in [1.82, 2.24) is 14.1 Å². The zero-order valence-electron chi connectivity index (χ0n) is 17.4. The molecule has 1 amide bonds. The third kappa shape index (κ3) is 5.24. The minimum absolute atomic E-state index is 0.0714.